The number of hydrogen-bond donors (Lipinski definition) is 1. The third-order valence-corrected chi connectivity index (χ3v) is 4.67. The minimum atomic E-state index is -0.268. The van der Waals surface area contributed by atoms with Crippen LogP contribution in [-0.2, 0) is 4.79 Å². The fourth-order valence-corrected chi connectivity index (χ4v) is 3.39. The maximum atomic E-state index is 12.1. The molecule has 0 saturated heterocycles. The van der Waals surface area contributed by atoms with E-state index < -0.39 is 0 Å². The summed E-state index contributed by atoms with van der Waals surface area (Å²) in [6, 6.07) is 16.8. The summed E-state index contributed by atoms with van der Waals surface area (Å²) in [7, 11) is 0. The summed E-state index contributed by atoms with van der Waals surface area (Å²) in [5.74, 6) is 1.81. The van der Waals surface area contributed by atoms with Gasteiger partial charge < -0.3 is 13.9 Å². The molecule has 4 aromatic rings. The lowest BCUT2D eigenvalue weighted by Gasteiger charge is -2.05. The van der Waals surface area contributed by atoms with Crippen molar-refractivity contribution in [2.24, 2.45) is 0 Å². The minimum absolute atomic E-state index is 0.0796. The van der Waals surface area contributed by atoms with E-state index in [1.54, 1.807) is 12.1 Å². The molecule has 28 heavy (non-hydrogen) atoms. The molecule has 0 radical (unpaired) electrons. The second kappa shape index (κ2) is 8.14. The Labute approximate surface area is 165 Å². The number of amides is 1. The lowest BCUT2D eigenvalue weighted by Crippen LogP contribution is -2.19. The number of hydrogen-bond acceptors (Lipinski definition) is 6. The molecular weight excluding hydrogens is 376 g/mol. The zero-order valence-electron chi connectivity index (χ0n) is 15.2. The predicted octanol–water partition coefficient (Wildman–Crippen LogP) is 4.97. The molecule has 0 spiro atoms. The Balaban J connectivity index is 1.42. The van der Waals surface area contributed by atoms with Gasteiger partial charge in [-0.15, -0.1) is 11.3 Å². The average Bonchev–Trinajstić information content (AvgIpc) is 3.34. The number of rotatable bonds is 7. The number of fused-ring (bicyclic) bond motifs is 1. The number of carbonyl (C=O) groups is 1. The fraction of sp³-hybridized carbons (Fsp3) is 0.143. The Morgan fingerprint density at radius 2 is 1.96 bits per heavy atom. The quantitative estimate of drug-likeness (QED) is 0.479. The van der Waals surface area contributed by atoms with Crippen molar-refractivity contribution >= 4 is 33.3 Å². The van der Waals surface area contributed by atoms with Crippen LogP contribution in [0.2, 0.25) is 0 Å². The first-order valence-electron chi connectivity index (χ1n) is 8.81. The van der Waals surface area contributed by atoms with Gasteiger partial charge in [0.25, 0.3) is 5.91 Å². The average molecular weight is 394 g/mol. The van der Waals surface area contributed by atoms with Crippen molar-refractivity contribution in [2.75, 3.05) is 18.5 Å². The van der Waals surface area contributed by atoms with E-state index in [1.165, 1.54) is 11.3 Å². The number of nitrogens with one attached hydrogen (secondary N) is 1. The molecule has 0 atom stereocenters. The highest BCUT2D eigenvalue weighted by atomic mass is 32.1. The van der Waals surface area contributed by atoms with Crippen LogP contribution in [-0.4, -0.2) is 24.1 Å². The van der Waals surface area contributed by atoms with E-state index in [4.69, 9.17) is 13.9 Å². The summed E-state index contributed by atoms with van der Waals surface area (Å²) in [4.78, 5) is 16.5. The first kappa shape index (κ1) is 18.1. The fourth-order valence-electron chi connectivity index (χ4n) is 2.67. The number of ether oxygens (including phenoxy) is 2. The molecule has 0 aliphatic heterocycles. The number of anilines is 1. The van der Waals surface area contributed by atoms with Crippen LogP contribution < -0.4 is 14.8 Å². The summed E-state index contributed by atoms with van der Waals surface area (Å²) >= 11 is 1.33. The molecule has 2 aromatic heterocycles. The van der Waals surface area contributed by atoms with Crippen molar-refractivity contribution in [3.63, 3.8) is 0 Å². The number of aromatic nitrogens is 1. The van der Waals surface area contributed by atoms with E-state index in [0.29, 0.717) is 28.9 Å². The Hall–Kier alpha value is -3.32. The van der Waals surface area contributed by atoms with Gasteiger partial charge in [0.15, 0.2) is 17.5 Å². The Morgan fingerprint density at radius 3 is 2.79 bits per heavy atom. The molecule has 0 aliphatic rings. The van der Waals surface area contributed by atoms with Gasteiger partial charge >= 0.3 is 0 Å². The monoisotopic (exact) mass is 394 g/mol. The van der Waals surface area contributed by atoms with E-state index in [9.17, 15) is 4.79 Å². The largest absolute Gasteiger partial charge is 0.494 e. The highest BCUT2D eigenvalue weighted by Crippen LogP contribution is 2.32. The van der Waals surface area contributed by atoms with E-state index in [1.807, 2.05) is 54.8 Å². The van der Waals surface area contributed by atoms with E-state index in [2.05, 4.69) is 10.3 Å². The van der Waals surface area contributed by atoms with Crippen LogP contribution in [0.5, 0.6) is 11.5 Å². The SMILES string of the molecule is CCOc1ccc2oc(-c3csc(NC(=O)COc4ccccc4)n3)cc2c1. The molecule has 7 heteroatoms. The summed E-state index contributed by atoms with van der Waals surface area (Å²) in [5, 5.41) is 6.02. The molecule has 4 rings (SSSR count). The normalized spacial score (nSPS) is 10.8. The smallest absolute Gasteiger partial charge is 0.264 e. The van der Waals surface area contributed by atoms with Gasteiger partial charge in [-0.1, -0.05) is 18.2 Å². The Kier molecular flexibility index (Phi) is 5.25. The van der Waals surface area contributed by atoms with Crippen molar-refractivity contribution in [3.8, 4) is 23.0 Å². The number of para-hydroxylation sites is 1. The minimum Gasteiger partial charge on any atom is -0.494 e. The number of furan rings is 1. The van der Waals surface area contributed by atoms with Crippen molar-refractivity contribution < 1.29 is 18.7 Å². The van der Waals surface area contributed by atoms with Crippen LogP contribution in [0.4, 0.5) is 5.13 Å². The van der Waals surface area contributed by atoms with Gasteiger partial charge in [0, 0.05) is 10.8 Å². The summed E-state index contributed by atoms with van der Waals surface area (Å²) in [6.45, 7) is 2.48. The van der Waals surface area contributed by atoms with Crippen LogP contribution >= 0.6 is 11.3 Å². The van der Waals surface area contributed by atoms with Crippen LogP contribution in [0.1, 0.15) is 6.92 Å². The lowest BCUT2D eigenvalue weighted by molar-refractivity contribution is -0.118. The van der Waals surface area contributed by atoms with Crippen molar-refractivity contribution in [1.82, 2.24) is 4.98 Å². The van der Waals surface area contributed by atoms with E-state index in [-0.39, 0.29) is 12.5 Å². The maximum absolute atomic E-state index is 12.1. The van der Waals surface area contributed by atoms with Crippen molar-refractivity contribution in [1.29, 1.82) is 0 Å². The van der Waals surface area contributed by atoms with Gasteiger partial charge in [-0.3, -0.25) is 10.1 Å². The van der Waals surface area contributed by atoms with Gasteiger partial charge in [0.1, 0.15) is 22.8 Å². The second-order valence-electron chi connectivity index (χ2n) is 5.93. The Morgan fingerprint density at radius 1 is 1.11 bits per heavy atom. The molecule has 0 bridgehead atoms. The Bertz CT molecular complexity index is 1090. The first-order valence-corrected chi connectivity index (χ1v) is 9.69. The molecule has 0 unspecified atom stereocenters. The van der Waals surface area contributed by atoms with Crippen LogP contribution in [0, 0.1) is 0 Å². The van der Waals surface area contributed by atoms with Crippen molar-refractivity contribution in [2.45, 2.75) is 6.92 Å². The third-order valence-electron chi connectivity index (χ3n) is 3.91. The molecule has 0 fully saturated rings. The van der Waals surface area contributed by atoms with Gasteiger partial charge in [0.05, 0.1) is 6.61 Å². The summed E-state index contributed by atoms with van der Waals surface area (Å²) < 4.78 is 16.8. The zero-order chi connectivity index (χ0) is 19.3. The number of thiazole rings is 1. The number of benzene rings is 2. The van der Waals surface area contributed by atoms with Gasteiger partial charge in [-0.2, -0.15) is 0 Å². The first-order chi connectivity index (χ1) is 13.7. The van der Waals surface area contributed by atoms with E-state index in [0.717, 1.165) is 16.7 Å². The molecule has 142 valence electrons. The molecule has 6 nitrogen and oxygen atoms in total. The molecule has 2 heterocycles. The van der Waals surface area contributed by atoms with Gasteiger partial charge in [-0.25, -0.2) is 4.98 Å². The topological polar surface area (TPSA) is 73.6 Å². The third kappa shape index (κ3) is 4.15. The molecule has 0 aliphatic carbocycles. The zero-order valence-corrected chi connectivity index (χ0v) is 16.0. The number of nitrogens with zero attached hydrogens (tertiary/aromatic N) is 1. The second-order valence-corrected chi connectivity index (χ2v) is 6.79. The number of carbonyl (C=O) groups excluding carboxylic acids is 1. The van der Waals surface area contributed by atoms with E-state index >= 15 is 0 Å². The van der Waals surface area contributed by atoms with Crippen LogP contribution in [0.15, 0.2) is 64.4 Å². The van der Waals surface area contributed by atoms with Crippen molar-refractivity contribution in [3.05, 3.63) is 60.0 Å². The van der Waals surface area contributed by atoms with Gasteiger partial charge in [-0.05, 0) is 43.3 Å². The molecular formula is C21H18N2O4S. The molecule has 1 amide bonds. The highest BCUT2D eigenvalue weighted by molar-refractivity contribution is 7.14. The molecule has 2 aromatic carbocycles. The van der Waals surface area contributed by atoms with Crippen LogP contribution in [0.3, 0.4) is 0 Å². The summed E-state index contributed by atoms with van der Waals surface area (Å²) in [5.41, 5.74) is 1.42. The summed E-state index contributed by atoms with van der Waals surface area (Å²) in [6.07, 6.45) is 0. The van der Waals surface area contributed by atoms with Gasteiger partial charge in [0.2, 0.25) is 0 Å². The lowest BCUT2D eigenvalue weighted by atomic mass is 10.2. The van der Waals surface area contributed by atoms with Crippen LogP contribution in [0.25, 0.3) is 22.4 Å². The highest BCUT2D eigenvalue weighted by Gasteiger charge is 2.13. The maximum Gasteiger partial charge on any atom is 0.264 e. The predicted molar refractivity (Wildman–Crippen MR) is 109 cm³/mol. The molecule has 0 saturated carbocycles. The standard InChI is InChI=1S/C21H18N2O4S/c1-2-25-16-8-9-18-14(10-16)11-19(27-18)17-13-28-21(22-17)23-20(24)12-26-15-6-4-3-5-7-15/h3-11,13H,2,12H2,1H3,(H,22,23,24). The molecule has 1 N–H and O–H groups in total.